The Morgan fingerprint density at radius 2 is 1.61 bits per heavy atom. The number of halogens is 3. The number of nitrogens with zero attached hydrogens (tertiary/aromatic N) is 3. The number of anilines is 4. The monoisotopic (exact) mass is 540 g/mol. The molecule has 2 aromatic heterocycles. The maximum Gasteiger partial charge on any atom is 0.490 e. The largest absolute Gasteiger partial charge is 0.490 e. The Labute approximate surface area is 207 Å². The van der Waals surface area contributed by atoms with Crippen LogP contribution in [0.4, 0.5) is 36.2 Å². The second-order valence-electron chi connectivity index (χ2n) is 6.99. The average molecular weight is 541 g/mol. The molecule has 10 nitrogen and oxygen atoms in total. The van der Waals surface area contributed by atoms with Gasteiger partial charge in [0.2, 0.25) is 10.0 Å². The van der Waals surface area contributed by atoms with E-state index in [0.717, 1.165) is 20.9 Å². The normalized spacial score (nSPS) is 11.5. The van der Waals surface area contributed by atoms with Gasteiger partial charge in [0.25, 0.3) is 0 Å². The molecular formula is C21H19F3N6O4S2. The second kappa shape index (κ2) is 10.8. The van der Waals surface area contributed by atoms with E-state index in [1.807, 2.05) is 25.1 Å². The highest BCUT2D eigenvalue weighted by atomic mass is 32.2. The summed E-state index contributed by atoms with van der Waals surface area (Å²) < 4.78 is 59.1. The number of aryl methyl sites for hydroxylation is 1. The fourth-order valence-corrected chi connectivity index (χ4v) is 4.35. The molecular weight excluding hydrogens is 521 g/mol. The smallest absolute Gasteiger partial charge is 0.475 e. The number of aliphatic carboxylic acids is 1. The predicted octanol–water partition coefficient (Wildman–Crippen LogP) is 4.42. The van der Waals surface area contributed by atoms with Crippen molar-refractivity contribution in [1.82, 2.24) is 19.7 Å². The van der Waals surface area contributed by atoms with E-state index >= 15 is 0 Å². The first-order valence-corrected chi connectivity index (χ1v) is 12.2. The molecule has 0 fully saturated rings. The lowest BCUT2D eigenvalue weighted by Gasteiger charge is -2.10. The molecule has 0 spiro atoms. The van der Waals surface area contributed by atoms with Crippen molar-refractivity contribution in [3.63, 3.8) is 0 Å². The van der Waals surface area contributed by atoms with Crippen LogP contribution in [0, 0.1) is 6.92 Å². The number of hydrogen-bond donors (Lipinski definition) is 4. The molecule has 0 unspecified atom stereocenters. The summed E-state index contributed by atoms with van der Waals surface area (Å²) in [5.41, 5.74) is 2.41. The number of carboxylic acid groups (broad SMARTS) is 1. The zero-order valence-corrected chi connectivity index (χ0v) is 20.3. The van der Waals surface area contributed by atoms with Crippen LogP contribution in [-0.2, 0) is 14.8 Å². The third kappa shape index (κ3) is 7.10. The van der Waals surface area contributed by atoms with Crippen LogP contribution in [0.25, 0.3) is 10.2 Å². The number of carboxylic acids is 1. The quantitative estimate of drug-likeness (QED) is 0.279. The summed E-state index contributed by atoms with van der Waals surface area (Å²) in [6, 6.07) is 14.2. The van der Waals surface area contributed by atoms with Crippen LogP contribution < -0.4 is 15.4 Å². The van der Waals surface area contributed by atoms with Gasteiger partial charge in [-0.15, -0.1) is 11.3 Å². The fraction of sp³-hybridized carbons (Fsp3) is 0.143. The molecule has 0 bridgehead atoms. The van der Waals surface area contributed by atoms with E-state index in [1.54, 1.807) is 35.6 Å². The van der Waals surface area contributed by atoms with Crippen molar-refractivity contribution in [1.29, 1.82) is 0 Å². The molecule has 0 aliphatic rings. The lowest BCUT2D eigenvalue weighted by molar-refractivity contribution is -0.192. The van der Waals surface area contributed by atoms with Crippen molar-refractivity contribution in [3.8, 4) is 0 Å². The fourth-order valence-electron chi connectivity index (χ4n) is 2.77. The molecule has 0 aliphatic carbocycles. The lowest BCUT2D eigenvalue weighted by atomic mass is 10.3. The summed E-state index contributed by atoms with van der Waals surface area (Å²) in [6.07, 6.45) is -3.65. The van der Waals surface area contributed by atoms with Crippen LogP contribution in [0.5, 0.6) is 0 Å². The Morgan fingerprint density at radius 3 is 2.19 bits per heavy atom. The Kier molecular flexibility index (Phi) is 8.07. The molecule has 36 heavy (non-hydrogen) atoms. The van der Waals surface area contributed by atoms with Crippen molar-refractivity contribution in [3.05, 3.63) is 59.9 Å². The minimum absolute atomic E-state index is 0.171. The van der Waals surface area contributed by atoms with Crippen molar-refractivity contribution in [2.45, 2.75) is 18.0 Å². The van der Waals surface area contributed by atoms with Crippen molar-refractivity contribution in [2.75, 3.05) is 17.7 Å². The van der Waals surface area contributed by atoms with Gasteiger partial charge in [-0.05, 0) is 50.4 Å². The Balaban J connectivity index is 0.000000454. The number of benzene rings is 2. The van der Waals surface area contributed by atoms with Gasteiger partial charge in [0.1, 0.15) is 18.0 Å². The Bertz CT molecular complexity index is 1490. The van der Waals surface area contributed by atoms with Crippen molar-refractivity contribution < 1.29 is 31.5 Å². The third-order valence-corrected chi connectivity index (χ3v) is 6.73. The van der Waals surface area contributed by atoms with Crippen LogP contribution >= 0.6 is 11.3 Å². The van der Waals surface area contributed by atoms with Gasteiger partial charge >= 0.3 is 12.1 Å². The van der Waals surface area contributed by atoms with E-state index in [2.05, 4.69) is 30.3 Å². The molecule has 2 heterocycles. The molecule has 0 atom stereocenters. The highest BCUT2D eigenvalue weighted by molar-refractivity contribution is 7.89. The molecule has 2 aromatic carbocycles. The molecule has 0 radical (unpaired) electrons. The van der Waals surface area contributed by atoms with Gasteiger partial charge in [-0.3, -0.25) is 0 Å². The number of nitrogens with one attached hydrogen (secondary N) is 3. The summed E-state index contributed by atoms with van der Waals surface area (Å²) in [6.45, 7) is 1.98. The Morgan fingerprint density at radius 1 is 1.00 bits per heavy atom. The minimum Gasteiger partial charge on any atom is -0.475 e. The van der Waals surface area contributed by atoms with Gasteiger partial charge in [-0.2, -0.15) is 13.2 Å². The van der Waals surface area contributed by atoms with Gasteiger partial charge in [0, 0.05) is 17.4 Å². The molecule has 4 rings (SSSR count). The number of sulfonamides is 1. The van der Waals surface area contributed by atoms with E-state index in [4.69, 9.17) is 9.90 Å². The van der Waals surface area contributed by atoms with E-state index in [-0.39, 0.29) is 4.90 Å². The molecule has 0 saturated heterocycles. The summed E-state index contributed by atoms with van der Waals surface area (Å²) in [5.74, 6) is -1.62. The summed E-state index contributed by atoms with van der Waals surface area (Å²) in [4.78, 5) is 22.0. The molecule has 15 heteroatoms. The standard InChI is InChI=1S/C19H18N6O2S2.C2HF3O2/c1-12-23-16-9-14(6-7-17(16)28-12)25-19-10-18(21-11-22-19)24-13-4-3-5-15(8-13)29(26,27)20-2;3-2(4,5)1(6)7/h3-11,20H,1-2H3,(H2,21,22,24,25);(H,6,7). The number of hydrogen-bond acceptors (Lipinski definition) is 9. The number of fused-ring (bicyclic) bond motifs is 1. The van der Waals surface area contributed by atoms with Gasteiger partial charge in [0.05, 0.1) is 20.1 Å². The Hall–Kier alpha value is -3.82. The van der Waals surface area contributed by atoms with Crippen molar-refractivity contribution in [2.24, 2.45) is 0 Å². The van der Waals surface area contributed by atoms with Crippen LogP contribution in [0.1, 0.15) is 5.01 Å². The van der Waals surface area contributed by atoms with Crippen LogP contribution in [0.15, 0.2) is 59.8 Å². The van der Waals surface area contributed by atoms with E-state index in [9.17, 15) is 21.6 Å². The maximum absolute atomic E-state index is 12.0. The molecule has 4 aromatic rings. The van der Waals surface area contributed by atoms with Gasteiger partial charge in [-0.1, -0.05) is 6.07 Å². The van der Waals surface area contributed by atoms with Crippen LogP contribution in [0.2, 0.25) is 0 Å². The van der Waals surface area contributed by atoms with Crippen LogP contribution in [-0.4, -0.2) is 47.7 Å². The molecule has 4 N–H and O–H groups in total. The van der Waals surface area contributed by atoms with E-state index < -0.39 is 22.2 Å². The summed E-state index contributed by atoms with van der Waals surface area (Å²) in [7, 11) is -2.14. The number of rotatable bonds is 6. The highest BCUT2D eigenvalue weighted by Gasteiger charge is 2.38. The number of alkyl halides is 3. The first-order valence-electron chi connectivity index (χ1n) is 9.94. The van der Waals surface area contributed by atoms with Gasteiger partial charge in [-0.25, -0.2) is 32.9 Å². The summed E-state index contributed by atoms with van der Waals surface area (Å²) in [5, 5.41) is 14.5. The average Bonchev–Trinajstić information content (AvgIpc) is 3.18. The minimum atomic E-state index is -5.08. The maximum atomic E-state index is 12.0. The first kappa shape index (κ1) is 26.8. The number of thiazole rings is 1. The zero-order chi connectivity index (χ0) is 26.5. The highest BCUT2D eigenvalue weighted by Crippen LogP contribution is 2.26. The molecule has 0 saturated carbocycles. The number of aromatic nitrogens is 3. The number of carbonyl (C=O) groups is 1. The van der Waals surface area contributed by atoms with Crippen LogP contribution in [0.3, 0.4) is 0 Å². The van der Waals surface area contributed by atoms with Crippen molar-refractivity contribution >= 4 is 60.6 Å². The SMILES string of the molecule is CNS(=O)(=O)c1cccc(Nc2cc(Nc3ccc4sc(C)nc4c3)ncn2)c1.O=C(O)C(F)(F)F. The zero-order valence-electron chi connectivity index (χ0n) is 18.7. The molecule has 0 aliphatic heterocycles. The predicted molar refractivity (Wildman–Crippen MR) is 129 cm³/mol. The summed E-state index contributed by atoms with van der Waals surface area (Å²) >= 11 is 1.65. The first-order chi connectivity index (χ1) is 16.9. The molecule has 0 amide bonds. The molecule has 190 valence electrons. The third-order valence-electron chi connectivity index (χ3n) is 4.36. The topological polar surface area (TPSA) is 146 Å². The van der Waals surface area contributed by atoms with Gasteiger partial charge in [0.15, 0.2) is 0 Å². The van der Waals surface area contributed by atoms with E-state index in [1.165, 1.54) is 19.4 Å². The van der Waals surface area contributed by atoms with E-state index in [0.29, 0.717) is 17.3 Å². The second-order valence-corrected chi connectivity index (χ2v) is 10.1. The lowest BCUT2D eigenvalue weighted by Crippen LogP contribution is -2.21. The van der Waals surface area contributed by atoms with Gasteiger partial charge < -0.3 is 15.7 Å².